The van der Waals surface area contributed by atoms with Crippen molar-refractivity contribution in [3.63, 3.8) is 0 Å². The minimum Gasteiger partial charge on any atom is -0.391 e. The van der Waals surface area contributed by atoms with Crippen LogP contribution in [0.1, 0.15) is 20.3 Å². The second-order valence-corrected chi connectivity index (χ2v) is 6.39. The molecule has 0 aromatic heterocycles. The van der Waals surface area contributed by atoms with E-state index in [1.54, 1.807) is 0 Å². The highest BCUT2D eigenvalue weighted by Crippen LogP contribution is 2.40. The van der Waals surface area contributed by atoms with E-state index >= 15 is 0 Å². The minimum absolute atomic E-state index is 0.169. The molecule has 2 N–H and O–H groups in total. The van der Waals surface area contributed by atoms with Gasteiger partial charge in [0.05, 0.1) is 6.10 Å². The number of β-amino-alcohol motifs (C(OH)–C–C–N with tert-alkyl or cyclic N) is 1. The molecule has 1 aliphatic heterocycles. The van der Waals surface area contributed by atoms with Crippen LogP contribution >= 0.6 is 12.6 Å². The fraction of sp³-hybridized carbons (Fsp3) is 0.571. The van der Waals surface area contributed by atoms with Gasteiger partial charge >= 0.3 is 0 Å². The zero-order valence-electron chi connectivity index (χ0n) is 10.5. The van der Waals surface area contributed by atoms with Gasteiger partial charge in [-0.3, -0.25) is 0 Å². The highest BCUT2D eigenvalue weighted by molar-refractivity contribution is 7.82. The van der Waals surface area contributed by atoms with E-state index in [9.17, 15) is 5.11 Å². The highest BCUT2D eigenvalue weighted by Gasteiger charge is 2.38. The number of hydrogen-bond acceptors (Lipinski definition) is 3. The van der Waals surface area contributed by atoms with Crippen LogP contribution in [0.3, 0.4) is 0 Å². The van der Waals surface area contributed by atoms with Gasteiger partial charge in [-0.1, -0.05) is 37.3 Å². The van der Waals surface area contributed by atoms with Crippen molar-refractivity contribution >= 4 is 12.6 Å². The summed E-state index contributed by atoms with van der Waals surface area (Å²) in [6, 6.07) is 0. The molecule has 1 fully saturated rings. The maximum absolute atomic E-state index is 10.3. The van der Waals surface area contributed by atoms with Crippen molar-refractivity contribution in [2.24, 2.45) is 5.41 Å². The van der Waals surface area contributed by atoms with E-state index in [0.29, 0.717) is 6.54 Å². The quantitative estimate of drug-likeness (QED) is 0.624. The van der Waals surface area contributed by atoms with Gasteiger partial charge in [-0.2, -0.15) is 12.6 Å². The molecule has 0 radical (unpaired) electrons. The van der Waals surface area contributed by atoms with Crippen molar-refractivity contribution in [3.05, 3.63) is 36.0 Å². The van der Waals surface area contributed by atoms with Gasteiger partial charge in [0.2, 0.25) is 0 Å². The molecule has 1 saturated heterocycles. The van der Waals surface area contributed by atoms with Crippen LogP contribution in [0.2, 0.25) is 0 Å². The lowest BCUT2D eigenvalue weighted by Crippen LogP contribution is -2.48. The Labute approximate surface area is 109 Å². The second-order valence-electron chi connectivity index (χ2n) is 5.43. The van der Waals surface area contributed by atoms with Crippen LogP contribution in [-0.4, -0.2) is 29.0 Å². The fourth-order valence-electron chi connectivity index (χ4n) is 2.49. The summed E-state index contributed by atoms with van der Waals surface area (Å²) in [7, 11) is 0. The third kappa shape index (κ3) is 2.67. The molecule has 94 valence electrons. The Balaban J connectivity index is 2.35. The molecular formula is C14H21NOS. The van der Waals surface area contributed by atoms with Gasteiger partial charge < -0.3 is 10.4 Å². The van der Waals surface area contributed by atoms with Crippen molar-refractivity contribution in [1.82, 2.24) is 5.32 Å². The maximum atomic E-state index is 10.3. The molecule has 3 atom stereocenters. The largest absolute Gasteiger partial charge is 0.391 e. The molecule has 3 heteroatoms. The third-order valence-corrected chi connectivity index (χ3v) is 4.10. The first kappa shape index (κ1) is 12.9. The second kappa shape index (κ2) is 4.63. The van der Waals surface area contributed by atoms with Crippen LogP contribution in [0.15, 0.2) is 36.0 Å². The number of piperidine rings is 1. The van der Waals surface area contributed by atoms with E-state index in [4.69, 9.17) is 0 Å². The van der Waals surface area contributed by atoms with Gasteiger partial charge in [-0.05, 0) is 25.5 Å². The summed E-state index contributed by atoms with van der Waals surface area (Å²) in [5.74, 6) is 0. The van der Waals surface area contributed by atoms with Crippen molar-refractivity contribution in [2.75, 3.05) is 13.1 Å². The van der Waals surface area contributed by atoms with E-state index in [1.807, 2.05) is 12.2 Å². The molecule has 2 aliphatic rings. The first-order valence-electron chi connectivity index (χ1n) is 6.14. The number of allylic oxidation sites excluding steroid dienone is 3. The molecular weight excluding hydrogens is 230 g/mol. The monoisotopic (exact) mass is 251 g/mol. The summed E-state index contributed by atoms with van der Waals surface area (Å²) in [6.45, 7) is 5.83. The van der Waals surface area contributed by atoms with Crippen LogP contribution < -0.4 is 5.32 Å². The van der Waals surface area contributed by atoms with Gasteiger partial charge in [0.1, 0.15) is 0 Å². The molecule has 17 heavy (non-hydrogen) atoms. The number of nitrogens with one attached hydrogen (secondary N) is 1. The Morgan fingerprint density at radius 3 is 2.88 bits per heavy atom. The smallest absolute Gasteiger partial charge is 0.0758 e. The van der Waals surface area contributed by atoms with Gasteiger partial charge in [0, 0.05) is 16.7 Å². The summed E-state index contributed by atoms with van der Waals surface area (Å²) < 4.78 is -0.244. The molecule has 0 aromatic carbocycles. The average molecular weight is 251 g/mol. The Morgan fingerprint density at radius 1 is 1.41 bits per heavy atom. The molecule has 0 bridgehead atoms. The van der Waals surface area contributed by atoms with Crippen LogP contribution in [0.25, 0.3) is 0 Å². The molecule has 0 spiro atoms. The van der Waals surface area contributed by atoms with Gasteiger partial charge in [-0.15, -0.1) is 0 Å². The first-order chi connectivity index (χ1) is 7.94. The SMILES string of the molecule is CC1(S)C=CC=CC(C2(C)CCNCC2O)=C1. The van der Waals surface area contributed by atoms with E-state index in [-0.39, 0.29) is 16.3 Å². The fourth-order valence-corrected chi connectivity index (χ4v) is 2.72. The molecule has 0 saturated carbocycles. The number of aliphatic hydroxyl groups is 1. The number of hydrogen-bond donors (Lipinski definition) is 3. The third-order valence-electron chi connectivity index (χ3n) is 3.82. The lowest BCUT2D eigenvalue weighted by Gasteiger charge is -2.40. The molecule has 2 nitrogen and oxygen atoms in total. The summed E-state index contributed by atoms with van der Waals surface area (Å²) in [4.78, 5) is 0. The lowest BCUT2D eigenvalue weighted by atomic mass is 9.71. The standard InChI is InChI=1S/C14H21NOS/c1-13(17)6-4-3-5-11(9-13)14(2)7-8-15-10-12(14)16/h3-6,9,12,15-17H,7-8,10H2,1-2H3. The predicted octanol–water partition coefficient (Wildman–Crippen LogP) is 2.09. The average Bonchev–Trinajstić information content (AvgIpc) is 2.44. The number of rotatable bonds is 1. The highest BCUT2D eigenvalue weighted by atomic mass is 32.1. The predicted molar refractivity (Wildman–Crippen MR) is 75.4 cm³/mol. The Hall–Kier alpha value is -0.510. The summed E-state index contributed by atoms with van der Waals surface area (Å²) in [6.07, 6.45) is 11.0. The molecule has 0 amide bonds. The van der Waals surface area contributed by atoms with E-state index < -0.39 is 0 Å². The molecule has 0 aromatic rings. The lowest BCUT2D eigenvalue weighted by molar-refractivity contribution is 0.0389. The summed E-state index contributed by atoms with van der Waals surface area (Å²) in [5, 5.41) is 13.5. The summed E-state index contributed by atoms with van der Waals surface area (Å²) in [5.41, 5.74) is 1.02. The zero-order chi connectivity index (χ0) is 12.5. The van der Waals surface area contributed by atoms with E-state index in [0.717, 1.165) is 13.0 Å². The van der Waals surface area contributed by atoms with E-state index in [2.05, 4.69) is 50.0 Å². The van der Waals surface area contributed by atoms with Gasteiger partial charge in [-0.25, -0.2) is 0 Å². The Kier molecular flexibility index (Phi) is 3.53. The molecule has 2 rings (SSSR count). The number of thiol groups is 1. The van der Waals surface area contributed by atoms with Crippen LogP contribution in [0.4, 0.5) is 0 Å². The molecule has 1 heterocycles. The first-order valence-corrected chi connectivity index (χ1v) is 6.59. The number of aliphatic hydroxyl groups excluding tert-OH is 1. The topological polar surface area (TPSA) is 32.3 Å². The minimum atomic E-state index is -0.339. The van der Waals surface area contributed by atoms with Crippen LogP contribution in [-0.2, 0) is 0 Å². The van der Waals surface area contributed by atoms with Crippen LogP contribution in [0, 0.1) is 5.41 Å². The van der Waals surface area contributed by atoms with Crippen molar-refractivity contribution < 1.29 is 5.11 Å². The molecule has 3 unspecified atom stereocenters. The summed E-state index contributed by atoms with van der Waals surface area (Å²) >= 11 is 4.63. The van der Waals surface area contributed by atoms with Crippen molar-refractivity contribution in [2.45, 2.75) is 31.1 Å². The van der Waals surface area contributed by atoms with Gasteiger partial charge in [0.15, 0.2) is 0 Å². The van der Waals surface area contributed by atoms with E-state index in [1.165, 1.54) is 5.57 Å². The van der Waals surface area contributed by atoms with Crippen molar-refractivity contribution in [3.8, 4) is 0 Å². The Morgan fingerprint density at radius 2 is 2.18 bits per heavy atom. The Bertz CT molecular complexity index is 384. The zero-order valence-corrected chi connectivity index (χ0v) is 11.4. The van der Waals surface area contributed by atoms with Crippen molar-refractivity contribution in [1.29, 1.82) is 0 Å². The van der Waals surface area contributed by atoms with Crippen LogP contribution in [0.5, 0.6) is 0 Å². The normalized spacial score (nSPS) is 42.1. The maximum Gasteiger partial charge on any atom is 0.0758 e. The van der Waals surface area contributed by atoms with Gasteiger partial charge in [0.25, 0.3) is 0 Å². The molecule has 1 aliphatic carbocycles.